The highest BCUT2D eigenvalue weighted by Crippen LogP contribution is 2.35. The zero-order valence-electron chi connectivity index (χ0n) is 10.4. The van der Waals surface area contributed by atoms with Crippen molar-refractivity contribution in [2.45, 2.75) is 6.10 Å². The van der Waals surface area contributed by atoms with Gasteiger partial charge in [0, 0.05) is 27.2 Å². The predicted molar refractivity (Wildman–Crippen MR) is 82.3 cm³/mol. The predicted octanol–water partition coefficient (Wildman–Crippen LogP) is 4.62. The van der Waals surface area contributed by atoms with Gasteiger partial charge in [0.15, 0.2) is 0 Å². The van der Waals surface area contributed by atoms with E-state index < -0.39 is 6.10 Å². The van der Waals surface area contributed by atoms with Gasteiger partial charge in [0.25, 0.3) is 0 Å². The fraction of sp³-hybridized carbons (Fsp3) is 0.0625. The molecular formula is C16H11Cl2NO. The molecule has 1 heterocycles. The topological polar surface area (TPSA) is 33.1 Å². The van der Waals surface area contributed by atoms with E-state index in [-0.39, 0.29) is 0 Å². The Hall–Kier alpha value is -1.61. The first-order valence-corrected chi connectivity index (χ1v) is 6.89. The van der Waals surface area contributed by atoms with Crippen molar-refractivity contribution in [1.82, 2.24) is 4.98 Å². The summed E-state index contributed by atoms with van der Waals surface area (Å²) >= 11 is 12.3. The Morgan fingerprint density at radius 3 is 2.35 bits per heavy atom. The standard InChI is InChI=1S/C16H11Cl2NO/c17-12-6-3-7-13(18)14(12)16(20)15-11-5-2-1-4-10(11)8-9-19-15/h1-9,16,20H. The number of pyridine rings is 1. The summed E-state index contributed by atoms with van der Waals surface area (Å²) in [4.78, 5) is 4.30. The van der Waals surface area contributed by atoms with E-state index in [4.69, 9.17) is 23.2 Å². The molecule has 0 aliphatic carbocycles. The highest BCUT2D eigenvalue weighted by Gasteiger charge is 2.20. The SMILES string of the molecule is OC(c1c(Cl)cccc1Cl)c1nccc2ccccc12. The summed E-state index contributed by atoms with van der Waals surface area (Å²) in [6.45, 7) is 0. The first kappa shape index (κ1) is 13.4. The van der Waals surface area contributed by atoms with Crippen molar-refractivity contribution in [2.24, 2.45) is 0 Å². The second kappa shape index (κ2) is 5.41. The van der Waals surface area contributed by atoms with Crippen LogP contribution < -0.4 is 0 Å². The molecule has 1 aromatic heterocycles. The van der Waals surface area contributed by atoms with Gasteiger partial charge in [-0.2, -0.15) is 0 Å². The van der Waals surface area contributed by atoms with E-state index in [1.807, 2.05) is 30.3 Å². The third kappa shape index (κ3) is 2.27. The number of aromatic nitrogens is 1. The van der Waals surface area contributed by atoms with Crippen molar-refractivity contribution in [2.75, 3.05) is 0 Å². The molecule has 0 radical (unpaired) electrons. The Bertz CT molecular complexity index is 748. The van der Waals surface area contributed by atoms with Crippen LogP contribution in [-0.4, -0.2) is 10.1 Å². The first-order chi connectivity index (χ1) is 9.68. The number of halogens is 2. The van der Waals surface area contributed by atoms with E-state index in [1.165, 1.54) is 0 Å². The number of rotatable bonds is 2. The molecule has 0 aliphatic rings. The number of hydrogen-bond donors (Lipinski definition) is 1. The summed E-state index contributed by atoms with van der Waals surface area (Å²) < 4.78 is 0. The van der Waals surface area contributed by atoms with Crippen LogP contribution in [0.25, 0.3) is 10.8 Å². The van der Waals surface area contributed by atoms with Crippen LogP contribution in [0.1, 0.15) is 17.4 Å². The fourth-order valence-electron chi connectivity index (χ4n) is 2.27. The van der Waals surface area contributed by atoms with Crippen LogP contribution in [0.15, 0.2) is 54.7 Å². The molecule has 0 bridgehead atoms. The lowest BCUT2D eigenvalue weighted by Gasteiger charge is -2.15. The summed E-state index contributed by atoms with van der Waals surface area (Å²) in [6.07, 6.45) is 0.716. The lowest BCUT2D eigenvalue weighted by Crippen LogP contribution is -2.04. The maximum absolute atomic E-state index is 10.6. The summed E-state index contributed by atoms with van der Waals surface area (Å²) in [5, 5.41) is 13.4. The molecule has 3 aromatic rings. The van der Waals surface area contributed by atoms with E-state index in [1.54, 1.807) is 24.4 Å². The fourth-order valence-corrected chi connectivity index (χ4v) is 2.87. The monoisotopic (exact) mass is 303 g/mol. The number of hydrogen-bond acceptors (Lipinski definition) is 2. The Balaban J connectivity index is 2.21. The number of nitrogens with zero attached hydrogens (tertiary/aromatic N) is 1. The van der Waals surface area contributed by atoms with E-state index in [2.05, 4.69) is 4.98 Å². The maximum atomic E-state index is 10.6. The molecule has 0 saturated carbocycles. The Kier molecular flexibility index (Phi) is 3.62. The molecule has 20 heavy (non-hydrogen) atoms. The van der Waals surface area contributed by atoms with Gasteiger partial charge in [-0.15, -0.1) is 0 Å². The largest absolute Gasteiger partial charge is 0.382 e. The average Bonchev–Trinajstić information content (AvgIpc) is 2.46. The highest BCUT2D eigenvalue weighted by atomic mass is 35.5. The summed E-state index contributed by atoms with van der Waals surface area (Å²) in [5.74, 6) is 0. The maximum Gasteiger partial charge on any atom is 0.124 e. The van der Waals surface area contributed by atoms with E-state index >= 15 is 0 Å². The van der Waals surface area contributed by atoms with Gasteiger partial charge in [0.1, 0.15) is 6.10 Å². The second-order valence-corrected chi connectivity index (χ2v) is 5.27. The molecule has 1 atom stereocenters. The van der Waals surface area contributed by atoms with Crippen molar-refractivity contribution in [3.63, 3.8) is 0 Å². The summed E-state index contributed by atoms with van der Waals surface area (Å²) in [7, 11) is 0. The van der Waals surface area contributed by atoms with Gasteiger partial charge in [-0.1, -0.05) is 53.5 Å². The number of aliphatic hydroxyl groups is 1. The van der Waals surface area contributed by atoms with Crippen molar-refractivity contribution in [3.8, 4) is 0 Å². The molecular weight excluding hydrogens is 293 g/mol. The Labute approximate surface area is 126 Å². The van der Waals surface area contributed by atoms with Crippen LogP contribution in [-0.2, 0) is 0 Å². The third-order valence-electron chi connectivity index (χ3n) is 3.24. The second-order valence-electron chi connectivity index (χ2n) is 4.46. The lowest BCUT2D eigenvalue weighted by molar-refractivity contribution is 0.217. The minimum Gasteiger partial charge on any atom is -0.382 e. The minimum absolute atomic E-state index is 0.430. The summed E-state index contributed by atoms with van der Waals surface area (Å²) in [6, 6.07) is 14.8. The van der Waals surface area contributed by atoms with Crippen molar-refractivity contribution < 1.29 is 5.11 Å². The first-order valence-electron chi connectivity index (χ1n) is 6.14. The zero-order valence-corrected chi connectivity index (χ0v) is 11.9. The van der Waals surface area contributed by atoms with Gasteiger partial charge >= 0.3 is 0 Å². The molecule has 0 fully saturated rings. The van der Waals surface area contributed by atoms with Crippen LogP contribution in [0.3, 0.4) is 0 Å². The molecule has 4 heteroatoms. The Morgan fingerprint density at radius 2 is 1.60 bits per heavy atom. The molecule has 1 unspecified atom stereocenters. The van der Waals surface area contributed by atoms with E-state index in [0.717, 1.165) is 10.8 Å². The average molecular weight is 304 g/mol. The van der Waals surface area contributed by atoms with Crippen molar-refractivity contribution >= 4 is 34.0 Å². The smallest absolute Gasteiger partial charge is 0.124 e. The molecule has 100 valence electrons. The van der Waals surface area contributed by atoms with Crippen LogP contribution in [0.2, 0.25) is 10.0 Å². The number of benzene rings is 2. The molecule has 3 rings (SSSR count). The quantitative estimate of drug-likeness (QED) is 0.749. The molecule has 2 aromatic carbocycles. The Morgan fingerprint density at radius 1 is 0.900 bits per heavy atom. The van der Waals surface area contributed by atoms with Crippen LogP contribution >= 0.6 is 23.2 Å². The molecule has 0 amide bonds. The molecule has 0 spiro atoms. The van der Waals surface area contributed by atoms with Crippen molar-refractivity contribution in [1.29, 1.82) is 0 Å². The van der Waals surface area contributed by atoms with Crippen LogP contribution in [0, 0.1) is 0 Å². The van der Waals surface area contributed by atoms with Gasteiger partial charge in [0.2, 0.25) is 0 Å². The number of fused-ring (bicyclic) bond motifs is 1. The van der Waals surface area contributed by atoms with Gasteiger partial charge in [-0.05, 0) is 23.6 Å². The van der Waals surface area contributed by atoms with Gasteiger partial charge in [-0.25, -0.2) is 0 Å². The lowest BCUT2D eigenvalue weighted by atomic mass is 10.0. The third-order valence-corrected chi connectivity index (χ3v) is 3.90. The molecule has 2 nitrogen and oxygen atoms in total. The molecule has 0 saturated heterocycles. The van der Waals surface area contributed by atoms with E-state index in [9.17, 15) is 5.11 Å². The highest BCUT2D eigenvalue weighted by molar-refractivity contribution is 6.36. The van der Waals surface area contributed by atoms with Crippen molar-refractivity contribution in [3.05, 3.63) is 76.0 Å². The van der Waals surface area contributed by atoms with Gasteiger partial charge in [0.05, 0.1) is 5.69 Å². The number of aliphatic hydroxyl groups excluding tert-OH is 1. The summed E-state index contributed by atoms with van der Waals surface area (Å²) in [5.41, 5.74) is 1.04. The van der Waals surface area contributed by atoms with Crippen LogP contribution in [0.5, 0.6) is 0 Å². The van der Waals surface area contributed by atoms with Gasteiger partial charge in [-0.3, -0.25) is 4.98 Å². The minimum atomic E-state index is -0.956. The van der Waals surface area contributed by atoms with Crippen LogP contribution in [0.4, 0.5) is 0 Å². The van der Waals surface area contributed by atoms with Gasteiger partial charge < -0.3 is 5.11 Å². The zero-order chi connectivity index (χ0) is 14.1. The molecule has 0 aliphatic heterocycles. The van der Waals surface area contributed by atoms with E-state index in [0.29, 0.717) is 21.3 Å². The normalized spacial score (nSPS) is 12.6. The molecule has 1 N–H and O–H groups in total.